The summed E-state index contributed by atoms with van der Waals surface area (Å²) in [5, 5.41) is 18.3. The molecule has 4 N–H and O–H groups in total. The first kappa shape index (κ1) is 17.3. The fourth-order valence-corrected chi connectivity index (χ4v) is 2.20. The van der Waals surface area contributed by atoms with Crippen LogP contribution in [0.5, 0.6) is 5.75 Å². The molecule has 0 aromatic heterocycles. The van der Waals surface area contributed by atoms with Gasteiger partial charge in [0.15, 0.2) is 0 Å². The monoisotopic (exact) mass is 329 g/mol. The van der Waals surface area contributed by atoms with E-state index in [0.717, 1.165) is 0 Å². The van der Waals surface area contributed by atoms with Crippen LogP contribution in [0.2, 0.25) is 0 Å². The van der Waals surface area contributed by atoms with Crippen molar-refractivity contribution in [3.63, 3.8) is 0 Å². The lowest BCUT2D eigenvalue weighted by molar-refractivity contribution is -0.136. The van der Waals surface area contributed by atoms with Crippen LogP contribution in [0.15, 0.2) is 36.4 Å². The number of anilines is 1. The molecule has 0 fully saturated rings. The number of nitrogens with one attached hydrogen (secondary N) is 3. The van der Waals surface area contributed by atoms with Crippen LogP contribution in [0.25, 0.3) is 10.8 Å². The molecule has 24 heavy (non-hydrogen) atoms. The molecule has 0 bridgehead atoms. The van der Waals surface area contributed by atoms with Crippen molar-refractivity contribution >= 4 is 34.2 Å². The van der Waals surface area contributed by atoms with Crippen molar-refractivity contribution in [1.82, 2.24) is 10.6 Å². The zero-order valence-corrected chi connectivity index (χ0v) is 13.4. The minimum atomic E-state index is -0.911. The van der Waals surface area contributed by atoms with Gasteiger partial charge >= 0.3 is 11.8 Å². The molecular weight excluding hydrogens is 310 g/mol. The number of benzene rings is 2. The maximum Gasteiger partial charge on any atom is 0.313 e. The highest BCUT2D eigenvalue weighted by molar-refractivity contribution is 6.40. The van der Waals surface area contributed by atoms with E-state index in [1.165, 1.54) is 6.07 Å². The average Bonchev–Trinajstić information content (AvgIpc) is 2.53. The molecule has 0 unspecified atom stereocenters. The van der Waals surface area contributed by atoms with Gasteiger partial charge in [-0.25, -0.2) is 0 Å². The van der Waals surface area contributed by atoms with Crippen molar-refractivity contribution in [1.29, 1.82) is 0 Å². The molecule has 0 aliphatic carbocycles. The molecule has 0 radical (unpaired) electrons. The Morgan fingerprint density at radius 3 is 2.38 bits per heavy atom. The van der Waals surface area contributed by atoms with E-state index in [1.807, 2.05) is 0 Å². The minimum Gasteiger partial charge on any atom is -0.507 e. The molecule has 3 amide bonds. The zero-order valence-electron chi connectivity index (χ0n) is 13.4. The van der Waals surface area contributed by atoms with E-state index in [9.17, 15) is 19.5 Å². The Bertz CT molecular complexity index is 786. The molecule has 0 saturated carbocycles. The highest BCUT2D eigenvalue weighted by Crippen LogP contribution is 2.29. The Morgan fingerprint density at radius 2 is 1.67 bits per heavy atom. The van der Waals surface area contributed by atoms with Gasteiger partial charge in [0.25, 0.3) is 0 Å². The van der Waals surface area contributed by atoms with Gasteiger partial charge in [-0.1, -0.05) is 24.3 Å². The van der Waals surface area contributed by atoms with Crippen LogP contribution in [0.1, 0.15) is 13.8 Å². The number of hydrogen-bond donors (Lipinski definition) is 4. The molecule has 2 aromatic rings. The Morgan fingerprint density at radius 1 is 1.00 bits per heavy atom. The second-order valence-corrected chi connectivity index (χ2v) is 5.54. The number of phenols is 1. The van der Waals surface area contributed by atoms with Crippen LogP contribution < -0.4 is 16.0 Å². The lowest BCUT2D eigenvalue weighted by Gasteiger charge is -2.11. The second-order valence-electron chi connectivity index (χ2n) is 5.54. The molecular formula is C17H19N3O4. The fourth-order valence-electron chi connectivity index (χ4n) is 2.20. The van der Waals surface area contributed by atoms with Gasteiger partial charge in [0.2, 0.25) is 5.91 Å². The lowest BCUT2D eigenvalue weighted by Crippen LogP contribution is -2.43. The summed E-state index contributed by atoms with van der Waals surface area (Å²) in [6, 6.07) is 9.84. The van der Waals surface area contributed by atoms with Gasteiger partial charge in [-0.05, 0) is 26.0 Å². The Hall–Kier alpha value is -3.09. The quantitative estimate of drug-likeness (QED) is 0.631. The van der Waals surface area contributed by atoms with Crippen molar-refractivity contribution in [2.75, 3.05) is 11.9 Å². The summed E-state index contributed by atoms with van der Waals surface area (Å²) in [7, 11) is 0. The SMILES string of the molecule is CC(C)NC(=O)CNC(=O)C(=O)Nc1cccc2c(O)cccc12. The Kier molecular flexibility index (Phi) is 5.36. The zero-order chi connectivity index (χ0) is 17.7. The Balaban J connectivity index is 2.03. The van der Waals surface area contributed by atoms with Crippen LogP contribution in [-0.4, -0.2) is 35.4 Å². The largest absolute Gasteiger partial charge is 0.507 e. The van der Waals surface area contributed by atoms with E-state index >= 15 is 0 Å². The number of amides is 3. The summed E-state index contributed by atoms with van der Waals surface area (Å²) in [5.41, 5.74) is 0.398. The first-order chi connectivity index (χ1) is 11.4. The highest BCUT2D eigenvalue weighted by atomic mass is 16.3. The molecule has 0 aliphatic heterocycles. The number of aromatic hydroxyl groups is 1. The highest BCUT2D eigenvalue weighted by Gasteiger charge is 2.16. The normalized spacial score (nSPS) is 10.5. The van der Waals surface area contributed by atoms with Gasteiger partial charge in [-0.15, -0.1) is 0 Å². The molecule has 0 saturated heterocycles. The third-order valence-corrected chi connectivity index (χ3v) is 3.21. The van der Waals surface area contributed by atoms with Gasteiger partial charge in [0.05, 0.1) is 6.54 Å². The van der Waals surface area contributed by atoms with Crippen LogP contribution in [0, 0.1) is 0 Å². The van der Waals surface area contributed by atoms with Gasteiger partial charge in [0, 0.05) is 22.5 Å². The van der Waals surface area contributed by atoms with Crippen LogP contribution in [0.3, 0.4) is 0 Å². The summed E-state index contributed by atoms with van der Waals surface area (Å²) < 4.78 is 0. The smallest absolute Gasteiger partial charge is 0.313 e. The molecule has 7 heteroatoms. The van der Waals surface area contributed by atoms with Gasteiger partial charge < -0.3 is 21.1 Å². The van der Waals surface area contributed by atoms with Crippen LogP contribution in [0.4, 0.5) is 5.69 Å². The lowest BCUT2D eigenvalue weighted by atomic mass is 10.1. The maximum atomic E-state index is 12.0. The van der Waals surface area contributed by atoms with Crippen molar-refractivity contribution in [3.8, 4) is 5.75 Å². The van der Waals surface area contributed by atoms with E-state index in [0.29, 0.717) is 16.5 Å². The van der Waals surface area contributed by atoms with Crippen molar-refractivity contribution in [2.24, 2.45) is 0 Å². The fraction of sp³-hybridized carbons (Fsp3) is 0.235. The van der Waals surface area contributed by atoms with E-state index in [-0.39, 0.29) is 24.2 Å². The third-order valence-electron chi connectivity index (χ3n) is 3.21. The molecule has 2 aromatic carbocycles. The van der Waals surface area contributed by atoms with Crippen molar-refractivity contribution in [2.45, 2.75) is 19.9 Å². The first-order valence-corrected chi connectivity index (χ1v) is 7.47. The van der Waals surface area contributed by atoms with Gasteiger partial charge in [-0.3, -0.25) is 14.4 Å². The summed E-state index contributed by atoms with van der Waals surface area (Å²) in [5.74, 6) is -2.09. The molecule has 0 atom stereocenters. The predicted octanol–water partition coefficient (Wildman–Crippen LogP) is 1.12. The van der Waals surface area contributed by atoms with Crippen LogP contribution >= 0.6 is 0 Å². The molecule has 0 heterocycles. The predicted molar refractivity (Wildman–Crippen MR) is 90.5 cm³/mol. The van der Waals surface area contributed by atoms with E-state index in [2.05, 4.69) is 16.0 Å². The average molecular weight is 329 g/mol. The van der Waals surface area contributed by atoms with Gasteiger partial charge in [-0.2, -0.15) is 0 Å². The number of rotatable bonds is 4. The van der Waals surface area contributed by atoms with E-state index in [4.69, 9.17) is 0 Å². The van der Waals surface area contributed by atoms with Crippen LogP contribution in [-0.2, 0) is 14.4 Å². The number of hydrogen-bond acceptors (Lipinski definition) is 4. The number of fused-ring (bicyclic) bond motifs is 1. The molecule has 2 rings (SSSR count). The maximum absolute atomic E-state index is 12.0. The summed E-state index contributed by atoms with van der Waals surface area (Å²) in [6.45, 7) is 3.31. The standard InChI is InChI=1S/C17H19N3O4/c1-10(2)19-15(22)9-18-16(23)17(24)20-13-7-3-6-12-11(13)5-4-8-14(12)21/h3-8,10,21H,9H2,1-2H3,(H,18,23)(H,19,22)(H,20,24). The van der Waals surface area contributed by atoms with E-state index < -0.39 is 11.8 Å². The number of carbonyl (C=O) groups is 3. The first-order valence-electron chi connectivity index (χ1n) is 7.47. The van der Waals surface area contributed by atoms with Crippen molar-refractivity contribution < 1.29 is 19.5 Å². The molecule has 7 nitrogen and oxygen atoms in total. The molecule has 126 valence electrons. The van der Waals surface area contributed by atoms with Gasteiger partial charge in [0.1, 0.15) is 5.75 Å². The number of phenolic OH excluding ortho intramolecular Hbond substituents is 1. The van der Waals surface area contributed by atoms with Crippen molar-refractivity contribution in [3.05, 3.63) is 36.4 Å². The minimum absolute atomic E-state index is 0.0495. The topological polar surface area (TPSA) is 108 Å². The molecule has 0 aliphatic rings. The van der Waals surface area contributed by atoms with E-state index in [1.54, 1.807) is 44.2 Å². The third kappa shape index (κ3) is 4.22. The summed E-state index contributed by atoms with van der Waals surface area (Å²) in [4.78, 5) is 35.2. The summed E-state index contributed by atoms with van der Waals surface area (Å²) >= 11 is 0. The summed E-state index contributed by atoms with van der Waals surface area (Å²) in [6.07, 6.45) is 0. The Labute approximate surface area is 139 Å². The number of carbonyl (C=O) groups excluding carboxylic acids is 3. The second kappa shape index (κ2) is 7.45. The molecule has 0 spiro atoms.